The van der Waals surface area contributed by atoms with Crippen molar-refractivity contribution in [3.63, 3.8) is 0 Å². The van der Waals surface area contributed by atoms with Crippen LogP contribution in [0.25, 0.3) is 16.7 Å². The molecule has 2 heterocycles. The molecule has 1 aromatic carbocycles. The SMILES string of the molecule is C[C@]12CC[C@H](OCc3cccnc3)CC1=CCC1C2CC[C@]2(C)C(n3cnc4ccccc43)=CCC12. The Hall–Kier alpha value is -2.72. The van der Waals surface area contributed by atoms with Crippen molar-refractivity contribution < 1.29 is 4.74 Å². The van der Waals surface area contributed by atoms with Crippen LogP contribution < -0.4 is 0 Å². The van der Waals surface area contributed by atoms with Crippen LogP contribution in [0.4, 0.5) is 0 Å². The number of hydrogen-bond acceptors (Lipinski definition) is 3. The molecule has 2 fully saturated rings. The summed E-state index contributed by atoms with van der Waals surface area (Å²) >= 11 is 0. The monoisotopic (exact) mass is 479 g/mol. The van der Waals surface area contributed by atoms with Crippen LogP contribution in [0.2, 0.25) is 0 Å². The van der Waals surface area contributed by atoms with Crippen molar-refractivity contribution >= 4 is 16.7 Å². The number of benzene rings is 1. The van der Waals surface area contributed by atoms with Gasteiger partial charge >= 0.3 is 0 Å². The first-order valence-corrected chi connectivity index (χ1v) is 13.9. The highest BCUT2D eigenvalue weighted by molar-refractivity contribution is 5.80. The molecule has 4 heteroatoms. The molecule has 36 heavy (non-hydrogen) atoms. The van der Waals surface area contributed by atoms with Gasteiger partial charge in [-0.3, -0.25) is 4.98 Å². The van der Waals surface area contributed by atoms with Crippen molar-refractivity contribution in [2.24, 2.45) is 28.6 Å². The third-order valence-corrected chi connectivity index (χ3v) is 10.5. The molecule has 0 N–H and O–H groups in total. The van der Waals surface area contributed by atoms with Crippen LogP contribution in [0.15, 0.2) is 72.8 Å². The molecular weight excluding hydrogens is 442 g/mol. The quantitative estimate of drug-likeness (QED) is 0.365. The van der Waals surface area contributed by atoms with Crippen LogP contribution in [0.3, 0.4) is 0 Å². The number of fused-ring (bicyclic) bond motifs is 6. The summed E-state index contributed by atoms with van der Waals surface area (Å²) < 4.78 is 8.77. The Morgan fingerprint density at radius 1 is 0.972 bits per heavy atom. The summed E-state index contributed by atoms with van der Waals surface area (Å²) in [5.41, 5.74) is 7.26. The highest BCUT2D eigenvalue weighted by Crippen LogP contribution is 2.65. The molecule has 0 spiro atoms. The van der Waals surface area contributed by atoms with E-state index in [0.717, 1.165) is 29.7 Å². The molecule has 2 aromatic heterocycles. The predicted octanol–water partition coefficient (Wildman–Crippen LogP) is 7.43. The third kappa shape index (κ3) is 3.37. The maximum atomic E-state index is 6.38. The summed E-state index contributed by atoms with van der Waals surface area (Å²) in [5, 5.41) is 0. The molecule has 7 rings (SSSR count). The van der Waals surface area contributed by atoms with E-state index in [-0.39, 0.29) is 5.41 Å². The second-order valence-electron chi connectivity index (χ2n) is 12.2. The minimum absolute atomic E-state index is 0.233. The molecule has 0 aliphatic heterocycles. The Kier molecular flexibility index (Phi) is 5.25. The number of allylic oxidation sites excluding steroid dienone is 3. The number of para-hydroxylation sites is 2. The fourth-order valence-corrected chi connectivity index (χ4v) is 8.54. The number of aromatic nitrogens is 3. The molecule has 186 valence electrons. The van der Waals surface area contributed by atoms with Crippen molar-refractivity contribution in [2.45, 2.75) is 71.5 Å². The molecule has 0 saturated heterocycles. The van der Waals surface area contributed by atoms with E-state index in [1.165, 1.54) is 55.3 Å². The topological polar surface area (TPSA) is 39.9 Å². The molecule has 4 nitrogen and oxygen atoms in total. The van der Waals surface area contributed by atoms with Crippen LogP contribution in [0, 0.1) is 28.6 Å². The van der Waals surface area contributed by atoms with E-state index >= 15 is 0 Å². The van der Waals surface area contributed by atoms with Crippen molar-refractivity contribution in [2.75, 3.05) is 0 Å². The van der Waals surface area contributed by atoms with Gasteiger partial charge in [-0.15, -0.1) is 0 Å². The van der Waals surface area contributed by atoms with E-state index in [9.17, 15) is 0 Å². The van der Waals surface area contributed by atoms with Gasteiger partial charge in [0, 0.05) is 23.5 Å². The van der Waals surface area contributed by atoms with E-state index < -0.39 is 0 Å². The zero-order valence-corrected chi connectivity index (χ0v) is 21.6. The van der Waals surface area contributed by atoms with Gasteiger partial charge in [0.1, 0.15) is 6.33 Å². The van der Waals surface area contributed by atoms with E-state index in [2.05, 4.69) is 72.2 Å². The van der Waals surface area contributed by atoms with Crippen molar-refractivity contribution in [3.05, 3.63) is 78.4 Å². The Morgan fingerprint density at radius 2 is 1.86 bits per heavy atom. The number of imidazole rings is 1. The van der Waals surface area contributed by atoms with Gasteiger partial charge in [-0.25, -0.2) is 4.98 Å². The first-order chi connectivity index (χ1) is 17.6. The minimum atomic E-state index is 0.233. The third-order valence-electron chi connectivity index (χ3n) is 10.5. The van der Waals surface area contributed by atoms with Gasteiger partial charge < -0.3 is 9.30 Å². The molecule has 2 saturated carbocycles. The highest BCUT2D eigenvalue weighted by atomic mass is 16.5. The summed E-state index contributed by atoms with van der Waals surface area (Å²) in [6, 6.07) is 12.7. The van der Waals surface area contributed by atoms with E-state index in [1.54, 1.807) is 5.57 Å². The summed E-state index contributed by atoms with van der Waals surface area (Å²) in [6.07, 6.45) is 19.9. The molecule has 0 bridgehead atoms. The van der Waals surface area contributed by atoms with Gasteiger partial charge in [-0.1, -0.05) is 49.8 Å². The van der Waals surface area contributed by atoms with Gasteiger partial charge in [0.2, 0.25) is 0 Å². The molecule has 3 unspecified atom stereocenters. The number of pyridine rings is 1. The molecule has 0 radical (unpaired) electrons. The van der Waals surface area contributed by atoms with E-state index in [0.29, 0.717) is 18.1 Å². The highest BCUT2D eigenvalue weighted by Gasteiger charge is 2.57. The zero-order valence-electron chi connectivity index (χ0n) is 21.6. The smallest absolute Gasteiger partial charge is 0.100 e. The van der Waals surface area contributed by atoms with Crippen LogP contribution >= 0.6 is 0 Å². The second kappa shape index (κ2) is 8.41. The average molecular weight is 480 g/mol. The Bertz CT molecular complexity index is 1340. The first kappa shape index (κ1) is 22.5. The standard InChI is InChI=1S/C32H37N3O/c1-31-15-13-24(36-20-22-6-5-17-33-19-22)18-23(31)9-10-25-26-11-12-30(32(26,2)16-14-27(25)31)35-21-34-28-7-3-4-8-29(28)35/h3-9,12,17,19,21,24-27H,10-11,13-16,18,20H2,1-2H3/t24-,25?,26?,27?,31-,32-/m0/s1. The van der Waals surface area contributed by atoms with Gasteiger partial charge in [-0.2, -0.15) is 0 Å². The second-order valence-corrected chi connectivity index (χ2v) is 12.2. The van der Waals surface area contributed by atoms with Crippen molar-refractivity contribution in [1.82, 2.24) is 14.5 Å². The van der Waals surface area contributed by atoms with Gasteiger partial charge in [0.05, 0.1) is 23.7 Å². The molecular formula is C32H37N3O. The fourth-order valence-electron chi connectivity index (χ4n) is 8.54. The van der Waals surface area contributed by atoms with Crippen LogP contribution in [-0.4, -0.2) is 20.6 Å². The Labute approximate surface area is 214 Å². The maximum Gasteiger partial charge on any atom is 0.100 e. The summed E-state index contributed by atoms with van der Waals surface area (Å²) in [6.45, 7) is 5.81. The molecule has 6 atom stereocenters. The molecule has 4 aliphatic rings. The minimum Gasteiger partial charge on any atom is -0.373 e. The van der Waals surface area contributed by atoms with Gasteiger partial charge in [-0.05, 0) is 91.9 Å². The largest absolute Gasteiger partial charge is 0.373 e. The van der Waals surface area contributed by atoms with Crippen LogP contribution in [0.5, 0.6) is 0 Å². The lowest BCUT2D eigenvalue weighted by molar-refractivity contribution is -0.0428. The Morgan fingerprint density at radius 3 is 2.75 bits per heavy atom. The number of hydrogen-bond donors (Lipinski definition) is 0. The lowest BCUT2D eigenvalue weighted by atomic mass is 9.47. The van der Waals surface area contributed by atoms with Gasteiger partial charge in [0.15, 0.2) is 0 Å². The lowest BCUT2D eigenvalue weighted by Gasteiger charge is -2.57. The molecule has 0 amide bonds. The summed E-state index contributed by atoms with van der Waals surface area (Å²) in [5.74, 6) is 2.29. The first-order valence-electron chi connectivity index (χ1n) is 13.9. The zero-order chi connectivity index (χ0) is 24.3. The average Bonchev–Trinajstić information content (AvgIpc) is 3.48. The number of rotatable bonds is 4. The van der Waals surface area contributed by atoms with Crippen LogP contribution in [-0.2, 0) is 11.3 Å². The fraction of sp³-hybridized carbons (Fsp3) is 0.500. The molecule has 4 aliphatic carbocycles. The Balaban J connectivity index is 1.11. The van der Waals surface area contributed by atoms with Crippen LogP contribution in [0.1, 0.15) is 64.4 Å². The summed E-state index contributed by atoms with van der Waals surface area (Å²) in [4.78, 5) is 8.96. The normalized spacial score (nSPS) is 35.5. The summed E-state index contributed by atoms with van der Waals surface area (Å²) in [7, 11) is 0. The molecule has 3 aromatic rings. The predicted molar refractivity (Wildman–Crippen MR) is 144 cm³/mol. The number of nitrogens with zero attached hydrogens (tertiary/aromatic N) is 3. The van der Waals surface area contributed by atoms with Crippen molar-refractivity contribution in [1.29, 1.82) is 0 Å². The van der Waals surface area contributed by atoms with E-state index in [4.69, 9.17) is 9.72 Å². The lowest BCUT2D eigenvalue weighted by Crippen LogP contribution is -2.50. The number of ether oxygens (including phenoxy) is 1. The van der Waals surface area contributed by atoms with Crippen molar-refractivity contribution in [3.8, 4) is 0 Å². The maximum absolute atomic E-state index is 6.38. The van der Waals surface area contributed by atoms with Gasteiger partial charge in [0.25, 0.3) is 0 Å². The van der Waals surface area contributed by atoms with E-state index in [1.807, 2.05) is 18.5 Å².